The highest BCUT2D eigenvalue weighted by molar-refractivity contribution is 7.10. The number of carbonyl (C=O) groups excluding carboxylic acids is 2. The number of carbonyl (C=O) groups is 2. The van der Waals surface area contributed by atoms with Crippen molar-refractivity contribution in [2.24, 2.45) is 5.92 Å². The summed E-state index contributed by atoms with van der Waals surface area (Å²) in [4.78, 5) is 24.7. The van der Waals surface area contributed by atoms with Crippen molar-refractivity contribution in [3.63, 3.8) is 0 Å². The Balaban J connectivity index is 1.78. The standard InChI is InChI=1S/C14H20N2O2S/c1-9-7-11(16-13(17)8-9)14(18)15-5-3-12-10(2)4-6-19-12/h4,6,9,11H,3,5,7-8H2,1-2H3,(H,15,18)(H,16,17)/t9-,11-/m0/s1. The molecule has 0 aromatic carbocycles. The molecular weight excluding hydrogens is 260 g/mol. The van der Waals surface area contributed by atoms with E-state index in [1.165, 1.54) is 10.4 Å². The lowest BCUT2D eigenvalue weighted by molar-refractivity contribution is -0.132. The number of rotatable bonds is 4. The molecule has 2 rings (SSSR count). The van der Waals surface area contributed by atoms with Crippen LogP contribution in [0.5, 0.6) is 0 Å². The fourth-order valence-corrected chi connectivity index (χ4v) is 3.28. The summed E-state index contributed by atoms with van der Waals surface area (Å²) in [5.74, 6) is 0.200. The van der Waals surface area contributed by atoms with Crippen molar-refractivity contribution < 1.29 is 9.59 Å². The van der Waals surface area contributed by atoms with Crippen LogP contribution in [0.15, 0.2) is 11.4 Å². The van der Waals surface area contributed by atoms with Gasteiger partial charge in [-0.25, -0.2) is 0 Å². The van der Waals surface area contributed by atoms with E-state index in [0.717, 1.165) is 12.8 Å². The smallest absolute Gasteiger partial charge is 0.242 e. The maximum Gasteiger partial charge on any atom is 0.242 e. The summed E-state index contributed by atoms with van der Waals surface area (Å²) in [6.45, 7) is 4.71. The van der Waals surface area contributed by atoms with Gasteiger partial charge in [-0.1, -0.05) is 6.92 Å². The molecule has 0 saturated carbocycles. The van der Waals surface area contributed by atoms with Gasteiger partial charge in [0.15, 0.2) is 0 Å². The average molecular weight is 280 g/mol. The molecule has 104 valence electrons. The van der Waals surface area contributed by atoms with Crippen molar-refractivity contribution in [2.75, 3.05) is 6.54 Å². The first-order valence-corrected chi connectivity index (χ1v) is 7.54. The minimum atomic E-state index is -0.360. The molecule has 2 N–H and O–H groups in total. The van der Waals surface area contributed by atoms with Crippen LogP contribution in [0, 0.1) is 12.8 Å². The van der Waals surface area contributed by atoms with Crippen molar-refractivity contribution in [2.45, 2.75) is 39.2 Å². The Bertz CT molecular complexity index is 470. The topological polar surface area (TPSA) is 58.2 Å². The van der Waals surface area contributed by atoms with Gasteiger partial charge in [0.1, 0.15) is 6.04 Å². The fourth-order valence-electron chi connectivity index (χ4n) is 2.37. The summed E-state index contributed by atoms with van der Waals surface area (Å²) in [6.07, 6.45) is 2.11. The van der Waals surface area contributed by atoms with Crippen LogP contribution in [0.4, 0.5) is 0 Å². The van der Waals surface area contributed by atoms with E-state index in [-0.39, 0.29) is 23.8 Å². The predicted molar refractivity (Wildman–Crippen MR) is 76.1 cm³/mol. The van der Waals surface area contributed by atoms with Gasteiger partial charge in [-0.2, -0.15) is 0 Å². The van der Waals surface area contributed by atoms with E-state index < -0.39 is 0 Å². The van der Waals surface area contributed by atoms with E-state index >= 15 is 0 Å². The minimum Gasteiger partial charge on any atom is -0.354 e. The highest BCUT2D eigenvalue weighted by atomic mass is 32.1. The molecule has 2 atom stereocenters. The fraction of sp³-hybridized carbons (Fsp3) is 0.571. The first kappa shape index (κ1) is 14.1. The number of nitrogens with one attached hydrogen (secondary N) is 2. The Labute approximate surface area is 117 Å². The van der Waals surface area contributed by atoms with Gasteiger partial charge in [0, 0.05) is 17.8 Å². The zero-order chi connectivity index (χ0) is 13.8. The molecule has 1 saturated heterocycles. The Morgan fingerprint density at radius 2 is 2.37 bits per heavy atom. The van der Waals surface area contributed by atoms with E-state index in [0.29, 0.717) is 13.0 Å². The van der Waals surface area contributed by atoms with Crippen molar-refractivity contribution in [3.8, 4) is 0 Å². The Morgan fingerprint density at radius 1 is 1.58 bits per heavy atom. The molecule has 1 aromatic heterocycles. The van der Waals surface area contributed by atoms with Crippen LogP contribution in [-0.4, -0.2) is 24.4 Å². The van der Waals surface area contributed by atoms with Gasteiger partial charge >= 0.3 is 0 Å². The second kappa shape index (κ2) is 6.19. The molecule has 0 bridgehead atoms. The van der Waals surface area contributed by atoms with Crippen LogP contribution in [0.2, 0.25) is 0 Å². The Kier molecular flexibility index (Phi) is 4.58. The van der Waals surface area contributed by atoms with Gasteiger partial charge in [-0.3, -0.25) is 9.59 Å². The third kappa shape index (κ3) is 3.80. The van der Waals surface area contributed by atoms with E-state index in [1.54, 1.807) is 11.3 Å². The predicted octanol–water partition coefficient (Wildman–Crippen LogP) is 1.63. The molecule has 5 heteroatoms. The molecule has 1 aliphatic heterocycles. The van der Waals surface area contributed by atoms with Gasteiger partial charge in [-0.15, -0.1) is 11.3 Å². The summed E-state index contributed by atoms with van der Waals surface area (Å²) in [5, 5.41) is 7.73. The minimum absolute atomic E-state index is 0.0204. The maximum atomic E-state index is 12.0. The SMILES string of the molecule is Cc1ccsc1CCNC(=O)[C@@H]1C[C@H](C)CC(=O)N1. The summed E-state index contributed by atoms with van der Waals surface area (Å²) < 4.78 is 0. The molecular formula is C14H20N2O2S. The first-order chi connectivity index (χ1) is 9.06. The lowest BCUT2D eigenvalue weighted by atomic mass is 9.93. The summed E-state index contributed by atoms with van der Waals surface area (Å²) in [5.41, 5.74) is 1.28. The second-order valence-corrected chi connectivity index (χ2v) is 6.23. The zero-order valence-electron chi connectivity index (χ0n) is 11.4. The molecule has 1 aromatic rings. The monoisotopic (exact) mass is 280 g/mol. The van der Waals surface area contributed by atoms with Crippen molar-refractivity contribution in [3.05, 3.63) is 21.9 Å². The van der Waals surface area contributed by atoms with Gasteiger partial charge in [0.2, 0.25) is 11.8 Å². The quantitative estimate of drug-likeness (QED) is 0.880. The second-order valence-electron chi connectivity index (χ2n) is 5.23. The first-order valence-electron chi connectivity index (χ1n) is 6.66. The van der Waals surface area contributed by atoms with Gasteiger partial charge in [0.25, 0.3) is 0 Å². The van der Waals surface area contributed by atoms with Crippen LogP contribution in [0.1, 0.15) is 30.2 Å². The molecule has 1 fully saturated rings. The number of thiophene rings is 1. The van der Waals surface area contributed by atoms with E-state index in [9.17, 15) is 9.59 Å². The highest BCUT2D eigenvalue weighted by Gasteiger charge is 2.28. The van der Waals surface area contributed by atoms with E-state index in [2.05, 4.69) is 29.0 Å². The zero-order valence-corrected chi connectivity index (χ0v) is 12.2. The number of amides is 2. The number of hydrogen-bond acceptors (Lipinski definition) is 3. The van der Waals surface area contributed by atoms with Crippen molar-refractivity contribution in [1.82, 2.24) is 10.6 Å². The summed E-state index contributed by atoms with van der Waals surface area (Å²) in [7, 11) is 0. The number of piperidine rings is 1. The van der Waals surface area contributed by atoms with Gasteiger partial charge in [-0.05, 0) is 42.7 Å². The largest absolute Gasteiger partial charge is 0.354 e. The molecule has 0 spiro atoms. The van der Waals surface area contributed by atoms with Crippen LogP contribution >= 0.6 is 11.3 Å². The molecule has 1 aliphatic rings. The van der Waals surface area contributed by atoms with Gasteiger partial charge in [0.05, 0.1) is 0 Å². The molecule has 19 heavy (non-hydrogen) atoms. The number of hydrogen-bond donors (Lipinski definition) is 2. The van der Waals surface area contributed by atoms with Gasteiger partial charge < -0.3 is 10.6 Å². The summed E-state index contributed by atoms with van der Waals surface area (Å²) in [6, 6.07) is 1.73. The van der Waals surface area contributed by atoms with Crippen molar-refractivity contribution >= 4 is 23.2 Å². The molecule has 2 amide bonds. The van der Waals surface area contributed by atoms with E-state index in [4.69, 9.17) is 0 Å². The van der Waals surface area contributed by atoms with Crippen LogP contribution in [-0.2, 0) is 16.0 Å². The molecule has 0 aliphatic carbocycles. The lowest BCUT2D eigenvalue weighted by Crippen LogP contribution is -2.51. The molecule has 0 unspecified atom stereocenters. The highest BCUT2D eigenvalue weighted by Crippen LogP contribution is 2.17. The Morgan fingerprint density at radius 3 is 3.00 bits per heavy atom. The molecule has 0 radical (unpaired) electrons. The normalized spacial score (nSPS) is 22.9. The molecule has 4 nitrogen and oxygen atoms in total. The average Bonchev–Trinajstić information content (AvgIpc) is 2.74. The number of aryl methyl sites for hydroxylation is 1. The van der Waals surface area contributed by atoms with Crippen molar-refractivity contribution in [1.29, 1.82) is 0 Å². The van der Waals surface area contributed by atoms with Crippen LogP contribution < -0.4 is 10.6 Å². The maximum absolute atomic E-state index is 12.0. The third-order valence-electron chi connectivity index (χ3n) is 3.44. The lowest BCUT2D eigenvalue weighted by Gasteiger charge is -2.26. The van der Waals surface area contributed by atoms with E-state index in [1.807, 2.05) is 6.92 Å². The summed E-state index contributed by atoms with van der Waals surface area (Å²) >= 11 is 1.72. The van der Waals surface area contributed by atoms with Crippen LogP contribution in [0.25, 0.3) is 0 Å². The van der Waals surface area contributed by atoms with Crippen LogP contribution in [0.3, 0.4) is 0 Å². The Hall–Kier alpha value is -1.36. The molecule has 2 heterocycles. The third-order valence-corrected chi connectivity index (χ3v) is 4.53.